The summed E-state index contributed by atoms with van der Waals surface area (Å²) in [6.45, 7) is 1.68. The highest BCUT2D eigenvalue weighted by Gasteiger charge is 2.32. The first kappa shape index (κ1) is 14.1. The van der Waals surface area contributed by atoms with Crippen LogP contribution in [0.3, 0.4) is 0 Å². The van der Waals surface area contributed by atoms with Crippen LogP contribution in [-0.4, -0.2) is 5.78 Å². The third-order valence-electron chi connectivity index (χ3n) is 2.66. The molecule has 0 atom stereocenters. The van der Waals surface area contributed by atoms with Gasteiger partial charge in [-0.05, 0) is 36.8 Å². The van der Waals surface area contributed by atoms with Crippen LogP contribution >= 0.6 is 0 Å². The molecular formula is C15H11F3O2. The number of alkyl halides is 3. The van der Waals surface area contributed by atoms with Crippen molar-refractivity contribution in [2.75, 3.05) is 0 Å². The fourth-order valence-corrected chi connectivity index (χ4v) is 1.72. The molecular weight excluding hydrogens is 269 g/mol. The lowest BCUT2D eigenvalue weighted by Gasteiger charge is -2.09. The summed E-state index contributed by atoms with van der Waals surface area (Å²) >= 11 is 0. The van der Waals surface area contributed by atoms with E-state index < -0.39 is 17.5 Å². The first-order valence-corrected chi connectivity index (χ1v) is 5.83. The molecule has 1 aromatic heterocycles. The number of halogens is 3. The maximum absolute atomic E-state index is 12.8. The molecule has 2 nitrogen and oxygen atoms in total. The number of hydrogen-bond acceptors (Lipinski definition) is 2. The molecule has 20 heavy (non-hydrogen) atoms. The zero-order chi connectivity index (χ0) is 14.8. The average Bonchev–Trinajstić information content (AvgIpc) is 2.82. The van der Waals surface area contributed by atoms with Gasteiger partial charge in [-0.3, -0.25) is 4.79 Å². The largest absolute Gasteiger partial charge is 0.458 e. The van der Waals surface area contributed by atoms with Crippen LogP contribution in [0.5, 0.6) is 0 Å². The summed E-state index contributed by atoms with van der Waals surface area (Å²) < 4.78 is 43.4. The van der Waals surface area contributed by atoms with E-state index in [4.69, 9.17) is 4.42 Å². The van der Waals surface area contributed by atoms with Gasteiger partial charge < -0.3 is 4.42 Å². The summed E-state index contributed by atoms with van der Waals surface area (Å²) in [6.07, 6.45) is -2.24. The second-order valence-electron chi connectivity index (χ2n) is 4.19. The number of allylic oxidation sites excluding steroid dienone is 1. The van der Waals surface area contributed by atoms with E-state index in [9.17, 15) is 18.0 Å². The van der Waals surface area contributed by atoms with Gasteiger partial charge in [0.1, 0.15) is 5.76 Å². The molecule has 0 fully saturated rings. The number of furan rings is 1. The second-order valence-corrected chi connectivity index (χ2v) is 4.19. The molecule has 0 amide bonds. The Hall–Kier alpha value is -2.30. The summed E-state index contributed by atoms with van der Waals surface area (Å²) in [5.41, 5.74) is -0.837. The molecule has 0 aliphatic rings. The van der Waals surface area contributed by atoms with Crippen LogP contribution in [0.4, 0.5) is 13.2 Å². The molecule has 5 heteroatoms. The van der Waals surface area contributed by atoms with Crippen LogP contribution in [0.2, 0.25) is 0 Å². The molecule has 104 valence electrons. The Bertz CT molecular complexity index is 651. The molecule has 0 aliphatic heterocycles. The summed E-state index contributed by atoms with van der Waals surface area (Å²) in [5.74, 6) is 0.191. The van der Waals surface area contributed by atoms with Crippen molar-refractivity contribution >= 4 is 11.9 Å². The highest BCUT2D eigenvalue weighted by atomic mass is 19.4. The third-order valence-corrected chi connectivity index (χ3v) is 2.66. The molecule has 0 saturated carbocycles. The van der Waals surface area contributed by atoms with Crippen molar-refractivity contribution in [2.45, 2.75) is 13.1 Å². The van der Waals surface area contributed by atoms with Crippen LogP contribution in [0.1, 0.15) is 27.4 Å². The minimum atomic E-state index is -4.45. The normalized spacial score (nSPS) is 12.0. The van der Waals surface area contributed by atoms with E-state index >= 15 is 0 Å². The Morgan fingerprint density at radius 3 is 2.45 bits per heavy atom. The summed E-state index contributed by atoms with van der Waals surface area (Å²) in [5, 5.41) is 0. The molecule has 2 aromatic rings. The number of rotatable bonds is 3. The van der Waals surface area contributed by atoms with Gasteiger partial charge in [-0.1, -0.05) is 24.3 Å². The van der Waals surface area contributed by atoms with Gasteiger partial charge in [0, 0.05) is 0 Å². The number of benzene rings is 1. The maximum Gasteiger partial charge on any atom is 0.416 e. The fourth-order valence-electron chi connectivity index (χ4n) is 1.72. The predicted molar refractivity (Wildman–Crippen MR) is 68.3 cm³/mol. The molecule has 0 saturated heterocycles. The Morgan fingerprint density at radius 2 is 1.85 bits per heavy atom. The molecule has 1 heterocycles. The van der Waals surface area contributed by atoms with Crippen LogP contribution in [0, 0.1) is 6.92 Å². The molecule has 2 rings (SSSR count). The molecule has 0 bridgehead atoms. The van der Waals surface area contributed by atoms with Crippen molar-refractivity contribution in [3.63, 3.8) is 0 Å². The van der Waals surface area contributed by atoms with Crippen molar-refractivity contribution in [3.8, 4) is 0 Å². The molecule has 1 aromatic carbocycles. The fraction of sp³-hybridized carbons (Fsp3) is 0.133. The lowest BCUT2D eigenvalue weighted by molar-refractivity contribution is -0.137. The van der Waals surface area contributed by atoms with Crippen molar-refractivity contribution in [3.05, 3.63) is 65.1 Å². The van der Waals surface area contributed by atoms with E-state index in [1.165, 1.54) is 24.3 Å². The Morgan fingerprint density at radius 1 is 1.15 bits per heavy atom. The van der Waals surface area contributed by atoms with Gasteiger partial charge in [-0.25, -0.2) is 0 Å². The van der Waals surface area contributed by atoms with Crippen molar-refractivity contribution in [1.29, 1.82) is 0 Å². The van der Waals surface area contributed by atoms with Gasteiger partial charge in [0.15, 0.2) is 5.76 Å². The average molecular weight is 280 g/mol. The highest BCUT2D eigenvalue weighted by Crippen LogP contribution is 2.32. The van der Waals surface area contributed by atoms with Gasteiger partial charge in [-0.15, -0.1) is 0 Å². The SMILES string of the molecule is Cc1ccc(C(=O)/C=C\c2ccccc2C(F)(F)F)o1. The van der Waals surface area contributed by atoms with Gasteiger partial charge in [0.2, 0.25) is 5.78 Å². The van der Waals surface area contributed by atoms with Gasteiger partial charge in [0.05, 0.1) is 5.56 Å². The molecule has 0 radical (unpaired) electrons. The van der Waals surface area contributed by atoms with E-state index in [1.807, 2.05) is 0 Å². The number of aryl methyl sites for hydroxylation is 1. The smallest absolute Gasteiger partial charge is 0.416 e. The monoisotopic (exact) mass is 280 g/mol. The first-order chi connectivity index (χ1) is 9.38. The summed E-state index contributed by atoms with van der Waals surface area (Å²) in [6, 6.07) is 8.16. The van der Waals surface area contributed by atoms with E-state index in [0.29, 0.717) is 5.76 Å². The third kappa shape index (κ3) is 3.17. The van der Waals surface area contributed by atoms with Crippen LogP contribution in [0.25, 0.3) is 6.08 Å². The Kier molecular flexibility index (Phi) is 3.79. The van der Waals surface area contributed by atoms with E-state index in [2.05, 4.69) is 0 Å². The topological polar surface area (TPSA) is 30.2 Å². The number of carbonyl (C=O) groups is 1. The van der Waals surface area contributed by atoms with Gasteiger partial charge >= 0.3 is 6.18 Å². The number of ketones is 1. The van der Waals surface area contributed by atoms with Crippen LogP contribution < -0.4 is 0 Å². The molecule has 0 spiro atoms. The quantitative estimate of drug-likeness (QED) is 0.612. The number of carbonyl (C=O) groups excluding carboxylic acids is 1. The highest BCUT2D eigenvalue weighted by molar-refractivity contribution is 6.04. The zero-order valence-corrected chi connectivity index (χ0v) is 10.6. The van der Waals surface area contributed by atoms with Crippen molar-refractivity contribution in [1.82, 2.24) is 0 Å². The standard InChI is InChI=1S/C15H11F3O2/c1-10-6-9-14(20-10)13(19)8-7-11-4-2-3-5-12(11)15(16,17)18/h2-9H,1H3/b8-7-. The first-order valence-electron chi connectivity index (χ1n) is 5.83. The summed E-state index contributed by atoms with van der Waals surface area (Å²) in [4.78, 5) is 11.7. The summed E-state index contributed by atoms with van der Waals surface area (Å²) in [7, 11) is 0. The van der Waals surface area contributed by atoms with Gasteiger partial charge in [0.25, 0.3) is 0 Å². The maximum atomic E-state index is 12.8. The zero-order valence-electron chi connectivity index (χ0n) is 10.6. The van der Waals surface area contributed by atoms with Crippen LogP contribution in [-0.2, 0) is 6.18 Å². The van der Waals surface area contributed by atoms with Crippen LogP contribution in [0.15, 0.2) is 46.9 Å². The second kappa shape index (κ2) is 5.36. The van der Waals surface area contributed by atoms with Gasteiger partial charge in [-0.2, -0.15) is 13.2 Å². The minimum absolute atomic E-state index is 0.0587. The van der Waals surface area contributed by atoms with Crippen molar-refractivity contribution < 1.29 is 22.4 Å². The minimum Gasteiger partial charge on any atom is -0.458 e. The molecule has 0 N–H and O–H groups in total. The van der Waals surface area contributed by atoms with E-state index in [0.717, 1.165) is 18.2 Å². The van der Waals surface area contributed by atoms with E-state index in [1.54, 1.807) is 13.0 Å². The lowest BCUT2D eigenvalue weighted by atomic mass is 10.1. The van der Waals surface area contributed by atoms with Crippen molar-refractivity contribution in [2.24, 2.45) is 0 Å². The molecule has 0 unspecified atom stereocenters. The lowest BCUT2D eigenvalue weighted by Crippen LogP contribution is -2.07. The number of hydrogen-bond donors (Lipinski definition) is 0. The Balaban J connectivity index is 2.26. The predicted octanol–water partition coefficient (Wildman–Crippen LogP) is 4.50. The van der Waals surface area contributed by atoms with E-state index in [-0.39, 0.29) is 11.3 Å². The molecule has 0 aliphatic carbocycles. The Labute approximate surface area is 113 Å².